The maximum absolute atomic E-state index is 12.9. The van der Waals surface area contributed by atoms with Gasteiger partial charge < -0.3 is 5.32 Å². The van der Waals surface area contributed by atoms with Gasteiger partial charge in [-0.05, 0) is 42.1 Å². The molecule has 3 rings (SSSR count). The van der Waals surface area contributed by atoms with Gasteiger partial charge in [0.2, 0.25) is 15.8 Å². The Morgan fingerprint density at radius 3 is 2.34 bits per heavy atom. The summed E-state index contributed by atoms with van der Waals surface area (Å²) in [5.41, 5.74) is 1.78. The minimum Gasteiger partial charge on any atom is -0.345 e. The lowest BCUT2D eigenvalue weighted by Crippen LogP contribution is -2.28. The fraction of sp³-hybridized carbons (Fsp3) is 0.143. The molecule has 6 nitrogen and oxygen atoms in total. The zero-order valence-electron chi connectivity index (χ0n) is 15.9. The first-order valence-electron chi connectivity index (χ1n) is 8.80. The Kier molecular flexibility index (Phi) is 6.14. The largest absolute Gasteiger partial charge is 0.345 e. The van der Waals surface area contributed by atoms with Crippen LogP contribution in [-0.4, -0.2) is 26.4 Å². The Morgan fingerprint density at radius 2 is 1.69 bits per heavy atom. The van der Waals surface area contributed by atoms with Crippen molar-refractivity contribution in [2.45, 2.75) is 13.0 Å². The highest BCUT2D eigenvalue weighted by molar-refractivity contribution is 7.92. The summed E-state index contributed by atoms with van der Waals surface area (Å²) in [6.07, 6.45) is 1.08. The zero-order chi connectivity index (χ0) is 21.0. The Balaban J connectivity index is 1.81. The molecule has 8 heteroatoms. The first-order valence-corrected chi connectivity index (χ1v) is 11.6. The van der Waals surface area contributed by atoms with Gasteiger partial charge in [0, 0.05) is 11.3 Å². The number of benzene rings is 2. The molecule has 0 aliphatic rings. The quantitative estimate of drug-likeness (QED) is 0.559. The molecule has 0 saturated heterocycles. The summed E-state index contributed by atoms with van der Waals surface area (Å²) in [5, 5.41) is 4.69. The van der Waals surface area contributed by atoms with E-state index in [0.29, 0.717) is 21.7 Å². The van der Waals surface area contributed by atoms with Crippen molar-refractivity contribution in [1.29, 1.82) is 0 Å². The Labute approximate surface area is 173 Å². The lowest BCUT2D eigenvalue weighted by molar-refractivity contribution is 0.0930. The topological polar surface area (TPSA) is 92.3 Å². The van der Waals surface area contributed by atoms with Gasteiger partial charge in [0.05, 0.1) is 22.7 Å². The summed E-state index contributed by atoms with van der Waals surface area (Å²) >= 11 is 1.33. The van der Waals surface area contributed by atoms with Gasteiger partial charge in [0.1, 0.15) is 0 Å². The molecule has 0 saturated carbocycles. The summed E-state index contributed by atoms with van der Waals surface area (Å²) in [6, 6.07) is 16.6. The molecule has 0 radical (unpaired) electrons. The van der Waals surface area contributed by atoms with Crippen LogP contribution in [0.3, 0.4) is 0 Å². The normalized spacial score (nSPS) is 12.2. The third-order valence-electron chi connectivity index (χ3n) is 4.20. The minimum absolute atomic E-state index is 0.197. The highest BCUT2D eigenvalue weighted by atomic mass is 32.2. The number of anilines is 1. The monoisotopic (exact) mass is 428 g/mol. The van der Waals surface area contributed by atoms with Crippen molar-refractivity contribution in [2.24, 2.45) is 0 Å². The van der Waals surface area contributed by atoms with Crippen molar-refractivity contribution in [1.82, 2.24) is 5.32 Å². The van der Waals surface area contributed by atoms with Crippen LogP contribution in [0, 0.1) is 0 Å². The Hall–Kier alpha value is -2.97. The first kappa shape index (κ1) is 20.8. The molecule has 1 amide bonds. The van der Waals surface area contributed by atoms with Crippen LogP contribution in [0.25, 0.3) is 0 Å². The van der Waals surface area contributed by atoms with Gasteiger partial charge >= 0.3 is 0 Å². The number of rotatable bonds is 7. The molecule has 0 aliphatic carbocycles. The average Bonchev–Trinajstić information content (AvgIpc) is 3.21. The van der Waals surface area contributed by atoms with Crippen molar-refractivity contribution in [3.8, 4) is 0 Å². The molecule has 1 aromatic heterocycles. The second-order valence-electron chi connectivity index (χ2n) is 6.55. The molecule has 1 unspecified atom stereocenters. The van der Waals surface area contributed by atoms with E-state index in [-0.39, 0.29) is 11.7 Å². The second-order valence-corrected chi connectivity index (χ2v) is 9.24. The number of carbonyl (C=O) groups is 2. The van der Waals surface area contributed by atoms with E-state index in [1.807, 2.05) is 5.38 Å². The molecule has 1 atom stereocenters. The summed E-state index contributed by atoms with van der Waals surface area (Å²) in [6.45, 7) is 1.79. The third kappa shape index (κ3) is 5.30. The van der Waals surface area contributed by atoms with Gasteiger partial charge in [-0.25, -0.2) is 8.42 Å². The summed E-state index contributed by atoms with van der Waals surface area (Å²) in [5.74, 6) is -0.572. The van der Waals surface area contributed by atoms with Gasteiger partial charge in [0.15, 0.2) is 0 Å². The van der Waals surface area contributed by atoms with E-state index >= 15 is 0 Å². The number of thiophene rings is 1. The number of amides is 1. The molecule has 0 bridgehead atoms. The van der Waals surface area contributed by atoms with Crippen LogP contribution in [0.2, 0.25) is 0 Å². The minimum atomic E-state index is -3.40. The molecular weight excluding hydrogens is 408 g/mol. The SMILES string of the molecule is CC(NC(=O)c1ccccc1C(=O)c1cccs1)c1cccc(NS(C)(=O)=O)c1. The molecule has 3 aromatic rings. The fourth-order valence-corrected chi connectivity index (χ4v) is 4.10. The fourth-order valence-electron chi connectivity index (χ4n) is 2.86. The smallest absolute Gasteiger partial charge is 0.252 e. The highest BCUT2D eigenvalue weighted by Crippen LogP contribution is 2.21. The van der Waals surface area contributed by atoms with Crippen LogP contribution in [0.15, 0.2) is 66.0 Å². The predicted molar refractivity (Wildman–Crippen MR) is 115 cm³/mol. The van der Waals surface area contributed by atoms with E-state index < -0.39 is 16.1 Å². The highest BCUT2D eigenvalue weighted by Gasteiger charge is 2.20. The molecule has 150 valence electrons. The molecule has 1 heterocycles. The summed E-state index contributed by atoms with van der Waals surface area (Å²) in [7, 11) is -3.40. The molecule has 29 heavy (non-hydrogen) atoms. The van der Waals surface area contributed by atoms with E-state index in [4.69, 9.17) is 0 Å². The van der Waals surface area contributed by atoms with Crippen LogP contribution in [-0.2, 0) is 10.0 Å². The van der Waals surface area contributed by atoms with E-state index in [0.717, 1.165) is 11.8 Å². The summed E-state index contributed by atoms with van der Waals surface area (Å²) < 4.78 is 25.3. The van der Waals surface area contributed by atoms with E-state index in [2.05, 4.69) is 10.0 Å². The van der Waals surface area contributed by atoms with Crippen LogP contribution in [0.1, 0.15) is 44.1 Å². The first-order chi connectivity index (χ1) is 13.7. The average molecular weight is 429 g/mol. The molecular formula is C21H20N2O4S2. The molecule has 0 spiro atoms. The molecule has 2 aromatic carbocycles. The van der Waals surface area contributed by atoms with Crippen molar-refractivity contribution >= 4 is 38.7 Å². The Morgan fingerprint density at radius 1 is 0.966 bits per heavy atom. The molecule has 0 fully saturated rings. The van der Waals surface area contributed by atoms with Crippen molar-refractivity contribution in [3.05, 3.63) is 87.6 Å². The molecule has 2 N–H and O–H groups in total. The van der Waals surface area contributed by atoms with E-state index in [1.54, 1.807) is 67.6 Å². The zero-order valence-corrected chi connectivity index (χ0v) is 17.5. The predicted octanol–water partition coefficient (Wildman–Crippen LogP) is 3.84. The van der Waals surface area contributed by atoms with Crippen LogP contribution in [0.4, 0.5) is 5.69 Å². The van der Waals surface area contributed by atoms with Gasteiger partial charge in [-0.3, -0.25) is 14.3 Å². The number of carbonyl (C=O) groups excluding carboxylic acids is 2. The van der Waals surface area contributed by atoms with Crippen molar-refractivity contribution in [2.75, 3.05) is 11.0 Å². The number of sulfonamides is 1. The number of nitrogens with one attached hydrogen (secondary N) is 2. The van der Waals surface area contributed by atoms with Gasteiger partial charge in [-0.1, -0.05) is 36.4 Å². The standard InChI is InChI=1S/C21H20N2O4S2/c1-14(15-7-5-8-16(13-15)23-29(2,26)27)22-21(25)18-10-4-3-9-17(18)20(24)19-11-6-12-28-19/h3-14,23H,1-2H3,(H,22,25). The summed E-state index contributed by atoms with van der Waals surface area (Å²) in [4.78, 5) is 26.2. The number of hydrogen-bond acceptors (Lipinski definition) is 5. The van der Waals surface area contributed by atoms with Gasteiger partial charge in [-0.15, -0.1) is 11.3 Å². The lowest BCUT2D eigenvalue weighted by Gasteiger charge is -2.17. The van der Waals surface area contributed by atoms with Crippen LogP contribution < -0.4 is 10.0 Å². The van der Waals surface area contributed by atoms with Crippen LogP contribution in [0.5, 0.6) is 0 Å². The Bertz CT molecular complexity index is 1140. The molecule has 0 aliphatic heterocycles. The van der Waals surface area contributed by atoms with Crippen molar-refractivity contribution in [3.63, 3.8) is 0 Å². The second kappa shape index (κ2) is 8.59. The number of hydrogen-bond donors (Lipinski definition) is 2. The lowest BCUT2D eigenvalue weighted by atomic mass is 10.0. The maximum Gasteiger partial charge on any atom is 0.252 e. The van der Waals surface area contributed by atoms with Crippen LogP contribution >= 0.6 is 11.3 Å². The third-order valence-corrected chi connectivity index (χ3v) is 5.67. The van der Waals surface area contributed by atoms with Crippen molar-refractivity contribution < 1.29 is 18.0 Å². The maximum atomic E-state index is 12.9. The van der Waals surface area contributed by atoms with Gasteiger partial charge in [-0.2, -0.15) is 0 Å². The van der Waals surface area contributed by atoms with Gasteiger partial charge in [0.25, 0.3) is 5.91 Å². The van der Waals surface area contributed by atoms with E-state index in [9.17, 15) is 18.0 Å². The number of ketones is 1. The van der Waals surface area contributed by atoms with E-state index in [1.165, 1.54) is 11.3 Å².